The van der Waals surface area contributed by atoms with E-state index in [9.17, 15) is 43.6 Å². The first-order valence-electron chi connectivity index (χ1n) is 12.4. The fraction of sp³-hybridized carbons (Fsp3) is 0.500. The summed E-state index contributed by atoms with van der Waals surface area (Å²) >= 11 is 6.66. The van der Waals surface area contributed by atoms with Crippen LogP contribution < -0.4 is 5.73 Å². The summed E-state index contributed by atoms with van der Waals surface area (Å²) in [5.74, 6) is -10.4. The van der Waals surface area contributed by atoms with Crippen molar-refractivity contribution in [2.75, 3.05) is 27.2 Å². The number of phenols is 1. The van der Waals surface area contributed by atoms with Crippen LogP contribution in [0.15, 0.2) is 28.7 Å². The number of allylic oxidation sites excluding steroid dienone is 1. The van der Waals surface area contributed by atoms with E-state index in [2.05, 4.69) is 0 Å². The topological polar surface area (TPSA) is 165 Å². The first-order chi connectivity index (χ1) is 18.1. The van der Waals surface area contributed by atoms with Gasteiger partial charge in [-0.15, -0.1) is 0 Å². The number of rotatable bonds is 4. The van der Waals surface area contributed by atoms with Crippen LogP contribution in [0.25, 0.3) is 0 Å². The molecule has 1 saturated heterocycles. The fourth-order valence-electron chi connectivity index (χ4n) is 6.65. The van der Waals surface area contributed by atoms with E-state index in [0.29, 0.717) is 5.56 Å². The third kappa shape index (κ3) is 3.95. The van der Waals surface area contributed by atoms with E-state index in [4.69, 9.17) is 17.3 Å². The maximum absolute atomic E-state index is 13.7. The lowest BCUT2D eigenvalue weighted by atomic mass is 9.58. The average molecular weight is 568 g/mol. The Morgan fingerprint density at radius 3 is 2.49 bits per heavy atom. The lowest BCUT2D eigenvalue weighted by Crippen LogP contribution is -2.63. The highest BCUT2D eigenvalue weighted by atomic mass is 35.5. The molecule has 1 aromatic carbocycles. The number of aliphatic hydroxyl groups is 3. The van der Waals surface area contributed by atoms with E-state index in [1.54, 1.807) is 0 Å². The summed E-state index contributed by atoms with van der Waals surface area (Å²) < 4.78 is 27.4. The van der Waals surface area contributed by atoms with Crippen molar-refractivity contribution in [1.29, 1.82) is 0 Å². The molecule has 10 nitrogen and oxygen atoms in total. The zero-order valence-electron chi connectivity index (χ0n) is 21.2. The second-order valence-electron chi connectivity index (χ2n) is 11.0. The minimum atomic E-state index is -2.83. The third-order valence-electron chi connectivity index (χ3n) is 8.37. The number of aliphatic hydroxyl groups excluding tert-OH is 2. The zero-order valence-corrected chi connectivity index (χ0v) is 21.9. The first kappa shape index (κ1) is 27.5. The molecule has 39 heavy (non-hydrogen) atoms. The van der Waals surface area contributed by atoms with E-state index >= 15 is 0 Å². The predicted molar refractivity (Wildman–Crippen MR) is 134 cm³/mol. The Labute approximate surface area is 226 Å². The molecule has 3 aliphatic carbocycles. The van der Waals surface area contributed by atoms with E-state index in [1.807, 2.05) is 0 Å². The number of ketones is 2. The van der Waals surface area contributed by atoms with Gasteiger partial charge in [0.2, 0.25) is 5.78 Å². The number of alkyl halides is 2. The number of carbonyl (C=O) groups is 3. The molecule has 5 rings (SSSR count). The lowest BCUT2D eigenvalue weighted by Gasteiger charge is -2.50. The summed E-state index contributed by atoms with van der Waals surface area (Å²) in [4.78, 5) is 42.0. The number of fused-ring (bicyclic) bond motifs is 3. The molecule has 4 atom stereocenters. The second kappa shape index (κ2) is 8.98. The maximum atomic E-state index is 13.7. The number of phenolic OH excluding ortho intramolecular Hbond substituents is 1. The highest BCUT2D eigenvalue weighted by Crippen LogP contribution is 2.53. The molecule has 1 amide bonds. The van der Waals surface area contributed by atoms with Crippen LogP contribution in [0.4, 0.5) is 8.78 Å². The van der Waals surface area contributed by atoms with Gasteiger partial charge < -0.3 is 26.2 Å². The summed E-state index contributed by atoms with van der Waals surface area (Å²) in [7, 11) is 3.08. The fourth-order valence-corrected chi connectivity index (χ4v) is 6.94. The van der Waals surface area contributed by atoms with Crippen LogP contribution in [0.5, 0.6) is 5.75 Å². The number of nitrogens with two attached hydrogens (primary N) is 1. The Balaban J connectivity index is 1.61. The summed E-state index contributed by atoms with van der Waals surface area (Å²) in [6.07, 6.45) is -0.360. The third-order valence-corrected chi connectivity index (χ3v) is 8.84. The van der Waals surface area contributed by atoms with Gasteiger partial charge in [0.15, 0.2) is 11.4 Å². The van der Waals surface area contributed by atoms with Crippen molar-refractivity contribution in [1.82, 2.24) is 9.80 Å². The summed E-state index contributed by atoms with van der Waals surface area (Å²) in [6.45, 7) is -0.307. The van der Waals surface area contributed by atoms with Crippen LogP contribution in [-0.4, -0.2) is 92.4 Å². The molecule has 1 heterocycles. The van der Waals surface area contributed by atoms with Gasteiger partial charge in [-0.3, -0.25) is 24.2 Å². The van der Waals surface area contributed by atoms with Gasteiger partial charge in [0.25, 0.3) is 11.8 Å². The van der Waals surface area contributed by atoms with Crippen LogP contribution in [0, 0.1) is 11.8 Å². The average Bonchev–Trinajstić information content (AvgIpc) is 3.17. The normalized spacial score (nSPS) is 30.5. The molecule has 0 spiro atoms. The number of nitrogens with zero attached hydrogens (tertiary/aromatic N) is 2. The Kier molecular flexibility index (Phi) is 6.33. The van der Waals surface area contributed by atoms with Gasteiger partial charge >= 0.3 is 0 Å². The quantitative estimate of drug-likeness (QED) is 0.340. The standard InChI is InChI=1S/C26H28ClF2N3O7/c1-31(2)19-13-6-10-5-12-16(14(33)7-11(18(12)27)8-32-4-3-25(28,29)9-32)20(34)15(10)22(36)26(13,39)23(37)17(21(19)35)24(30)38/h7,10,13,19,33,35-36,39H,3-6,8-9H2,1-2H3,(H2,30,38)/t10-,13-,19-,26-/m0/s1. The van der Waals surface area contributed by atoms with Gasteiger partial charge in [0, 0.05) is 36.0 Å². The van der Waals surface area contributed by atoms with Crippen LogP contribution in [0.1, 0.15) is 34.3 Å². The van der Waals surface area contributed by atoms with Crippen molar-refractivity contribution in [2.24, 2.45) is 17.6 Å². The van der Waals surface area contributed by atoms with Crippen molar-refractivity contribution in [3.05, 3.63) is 50.4 Å². The smallest absolute Gasteiger partial charge is 0.261 e. The Morgan fingerprint density at radius 1 is 1.26 bits per heavy atom. The number of amides is 1. The Hall–Kier alpha value is -3.06. The molecule has 210 valence electrons. The monoisotopic (exact) mass is 567 g/mol. The molecule has 4 aliphatic rings. The summed E-state index contributed by atoms with van der Waals surface area (Å²) in [5.41, 5.74) is 1.80. The van der Waals surface area contributed by atoms with Crippen LogP contribution in [0.2, 0.25) is 5.02 Å². The van der Waals surface area contributed by atoms with Crippen molar-refractivity contribution in [2.45, 2.75) is 43.4 Å². The molecule has 1 aromatic rings. The number of Topliss-reactive ketones (excluding diaryl/α,β-unsaturated/α-hetero) is 2. The van der Waals surface area contributed by atoms with E-state index in [-0.39, 0.29) is 54.1 Å². The Bertz CT molecular complexity index is 1390. The first-order valence-corrected chi connectivity index (χ1v) is 12.8. The number of likely N-dealkylation sites (tertiary alicyclic amines) is 1. The molecule has 0 bridgehead atoms. The predicted octanol–water partition coefficient (Wildman–Crippen LogP) is 1.62. The number of benzene rings is 1. The summed E-state index contributed by atoms with van der Waals surface area (Å²) in [6, 6.07) is 0.107. The molecule has 6 N–H and O–H groups in total. The summed E-state index contributed by atoms with van der Waals surface area (Å²) in [5, 5.41) is 44.6. The molecule has 1 aliphatic heterocycles. The van der Waals surface area contributed by atoms with Crippen molar-refractivity contribution in [3.63, 3.8) is 0 Å². The van der Waals surface area contributed by atoms with Crippen molar-refractivity contribution in [3.8, 4) is 5.75 Å². The minimum Gasteiger partial charge on any atom is -0.510 e. The minimum absolute atomic E-state index is 0.0188. The molecule has 13 heteroatoms. The lowest BCUT2D eigenvalue weighted by molar-refractivity contribution is -0.148. The van der Waals surface area contributed by atoms with Crippen molar-refractivity contribution >= 4 is 29.1 Å². The van der Waals surface area contributed by atoms with Gasteiger partial charge in [0.1, 0.15) is 22.8 Å². The Morgan fingerprint density at radius 2 is 1.92 bits per heavy atom. The molecule has 0 saturated carbocycles. The molecule has 0 unspecified atom stereocenters. The molecular weight excluding hydrogens is 540 g/mol. The highest BCUT2D eigenvalue weighted by molar-refractivity contribution is 6.33. The van der Waals surface area contributed by atoms with Crippen LogP contribution >= 0.6 is 11.6 Å². The highest BCUT2D eigenvalue weighted by Gasteiger charge is 2.63. The molecular formula is C26H28ClF2N3O7. The van der Waals surface area contributed by atoms with E-state index < -0.39 is 76.3 Å². The van der Waals surface area contributed by atoms with Crippen LogP contribution in [-0.2, 0) is 22.6 Å². The molecule has 1 fully saturated rings. The van der Waals surface area contributed by atoms with Gasteiger partial charge in [-0.25, -0.2) is 8.78 Å². The van der Waals surface area contributed by atoms with Gasteiger partial charge in [0.05, 0.1) is 18.2 Å². The van der Waals surface area contributed by atoms with Gasteiger partial charge in [-0.2, -0.15) is 0 Å². The number of likely N-dealkylation sites (N-methyl/N-ethyl adjacent to an activating group) is 1. The van der Waals surface area contributed by atoms with Crippen molar-refractivity contribution < 1.29 is 43.6 Å². The second-order valence-corrected chi connectivity index (χ2v) is 11.4. The van der Waals surface area contributed by atoms with Crippen LogP contribution in [0.3, 0.4) is 0 Å². The maximum Gasteiger partial charge on any atom is 0.261 e. The number of hydrogen-bond acceptors (Lipinski definition) is 9. The number of carbonyl (C=O) groups excluding carboxylic acids is 3. The van der Waals surface area contributed by atoms with Gasteiger partial charge in [-0.05, 0) is 50.0 Å². The zero-order chi connectivity index (χ0) is 28.8. The van der Waals surface area contributed by atoms with Gasteiger partial charge in [-0.1, -0.05) is 11.6 Å². The number of hydrogen-bond donors (Lipinski definition) is 5. The van der Waals surface area contributed by atoms with E-state index in [1.165, 1.54) is 30.0 Å². The molecule has 0 radical (unpaired) electrons. The SMILES string of the molecule is CN(C)[C@@H]1C(O)=C(C(N)=O)C(=O)[C@@]2(O)C(O)=C3C(=O)c4c(O)cc(CN5CCC(F)(F)C5)c(Cl)c4C[C@H]3C[C@@H]12. The largest absolute Gasteiger partial charge is 0.510 e. The number of aromatic hydroxyl groups is 1. The number of halogens is 3. The number of primary amides is 1. The molecule has 0 aromatic heterocycles. The van der Waals surface area contributed by atoms with E-state index in [0.717, 1.165) is 0 Å².